The third-order valence-electron chi connectivity index (χ3n) is 5.68. The maximum atomic E-state index is 12.0. The fourth-order valence-corrected chi connectivity index (χ4v) is 6.10. The molecule has 0 radical (unpaired) electrons. The van der Waals surface area contributed by atoms with Crippen LogP contribution in [0, 0.1) is 11.7 Å². The van der Waals surface area contributed by atoms with Crippen molar-refractivity contribution in [3.05, 3.63) is 63.9 Å². The summed E-state index contributed by atoms with van der Waals surface area (Å²) >= 11 is 11.9. The molecule has 0 bridgehead atoms. The highest BCUT2D eigenvalue weighted by Crippen LogP contribution is 2.25. The minimum atomic E-state index is -2.97. The number of nitrogens with zero attached hydrogens (tertiary/aromatic N) is 4. The Hall–Kier alpha value is -2.00. The number of hydrogen-bond donors (Lipinski definition) is 0. The molecule has 3 aromatic rings. The molecule has 1 saturated heterocycles. The summed E-state index contributed by atoms with van der Waals surface area (Å²) in [7, 11) is -2.97. The van der Waals surface area contributed by atoms with Crippen LogP contribution in [0.1, 0.15) is 18.9 Å². The SMILES string of the molecule is CCN(Cn1nc(-c2ccc(C)cc2)n(-c2ccc(Cl)cc2)c1=S)[C@H]1CCS(=O)(=O)C1. The standard InChI is InChI=1S/C22H25ClN4O2S2/c1-3-25(20-12-13-31(28,29)14-20)15-26-22(30)27(19-10-8-18(23)9-11-19)21(24-26)17-6-4-16(2)5-7-17/h4-11,20H,3,12-15H2,1-2H3/t20-/m0/s1. The molecule has 6 nitrogen and oxygen atoms in total. The second-order valence-electron chi connectivity index (χ2n) is 7.89. The summed E-state index contributed by atoms with van der Waals surface area (Å²) in [5.41, 5.74) is 3.00. The molecular formula is C22H25ClN4O2S2. The van der Waals surface area contributed by atoms with Crippen LogP contribution >= 0.6 is 23.8 Å². The molecule has 2 aromatic carbocycles. The van der Waals surface area contributed by atoms with Gasteiger partial charge >= 0.3 is 0 Å². The predicted octanol–water partition coefficient (Wildman–Crippen LogP) is 4.50. The van der Waals surface area contributed by atoms with E-state index >= 15 is 0 Å². The van der Waals surface area contributed by atoms with Crippen LogP contribution in [0.3, 0.4) is 0 Å². The molecule has 9 heteroatoms. The largest absolute Gasteiger partial charge is 0.281 e. The average Bonchev–Trinajstić information content (AvgIpc) is 3.26. The number of halogens is 1. The second kappa shape index (κ2) is 8.86. The molecule has 1 aliphatic rings. The van der Waals surface area contributed by atoms with Crippen molar-refractivity contribution >= 4 is 33.7 Å². The Bertz CT molecular complexity index is 1230. The van der Waals surface area contributed by atoms with Gasteiger partial charge in [0.05, 0.1) is 23.9 Å². The minimum absolute atomic E-state index is 0.0135. The van der Waals surface area contributed by atoms with Crippen molar-refractivity contribution in [2.24, 2.45) is 0 Å². The molecular weight excluding hydrogens is 452 g/mol. The lowest BCUT2D eigenvalue weighted by Crippen LogP contribution is -2.37. The zero-order chi connectivity index (χ0) is 22.2. The van der Waals surface area contributed by atoms with Gasteiger partial charge in [-0.2, -0.15) is 0 Å². The summed E-state index contributed by atoms with van der Waals surface area (Å²) in [6.07, 6.45) is 0.645. The van der Waals surface area contributed by atoms with Gasteiger partial charge in [0.15, 0.2) is 15.7 Å². The van der Waals surface area contributed by atoms with E-state index in [1.54, 1.807) is 4.68 Å². The van der Waals surface area contributed by atoms with Gasteiger partial charge in [-0.25, -0.2) is 13.1 Å². The second-order valence-corrected chi connectivity index (χ2v) is 10.9. The topological polar surface area (TPSA) is 60.1 Å². The highest BCUT2D eigenvalue weighted by molar-refractivity contribution is 7.91. The summed E-state index contributed by atoms with van der Waals surface area (Å²) in [5, 5.41) is 5.51. The van der Waals surface area contributed by atoms with Crippen molar-refractivity contribution in [1.29, 1.82) is 0 Å². The van der Waals surface area contributed by atoms with E-state index in [1.165, 1.54) is 5.56 Å². The van der Waals surface area contributed by atoms with Crippen LogP contribution in [-0.2, 0) is 16.5 Å². The molecule has 0 aliphatic carbocycles. The Kier molecular flexibility index (Phi) is 6.35. The fraction of sp³-hybridized carbons (Fsp3) is 0.364. The van der Waals surface area contributed by atoms with Gasteiger partial charge in [0.2, 0.25) is 4.77 Å². The van der Waals surface area contributed by atoms with Gasteiger partial charge in [0.1, 0.15) is 0 Å². The number of aryl methyl sites for hydroxylation is 1. The third kappa shape index (κ3) is 4.77. The van der Waals surface area contributed by atoms with Crippen LogP contribution in [0.4, 0.5) is 0 Å². The van der Waals surface area contributed by atoms with Crippen molar-refractivity contribution in [3.8, 4) is 17.1 Å². The lowest BCUT2D eigenvalue weighted by Gasteiger charge is -2.26. The zero-order valence-corrected chi connectivity index (χ0v) is 19.9. The van der Waals surface area contributed by atoms with Gasteiger partial charge in [-0.15, -0.1) is 5.10 Å². The molecule has 0 N–H and O–H groups in total. The normalized spacial score (nSPS) is 18.0. The van der Waals surface area contributed by atoms with Crippen LogP contribution < -0.4 is 0 Å². The molecule has 164 valence electrons. The zero-order valence-electron chi connectivity index (χ0n) is 17.5. The number of benzene rings is 2. The van der Waals surface area contributed by atoms with Gasteiger partial charge in [0.25, 0.3) is 0 Å². The first-order valence-corrected chi connectivity index (χ1v) is 12.9. The van der Waals surface area contributed by atoms with Crippen LogP contribution in [-0.4, -0.2) is 51.8 Å². The molecule has 1 aromatic heterocycles. The molecule has 31 heavy (non-hydrogen) atoms. The van der Waals surface area contributed by atoms with Crippen molar-refractivity contribution in [2.45, 2.75) is 33.0 Å². The summed E-state index contributed by atoms with van der Waals surface area (Å²) in [6.45, 7) is 5.24. The van der Waals surface area contributed by atoms with Crippen molar-refractivity contribution < 1.29 is 8.42 Å². The maximum Gasteiger partial charge on any atom is 0.204 e. The van der Waals surface area contributed by atoms with Crippen molar-refractivity contribution in [2.75, 3.05) is 18.1 Å². The maximum absolute atomic E-state index is 12.0. The molecule has 0 amide bonds. The van der Waals surface area contributed by atoms with Gasteiger partial charge in [-0.3, -0.25) is 9.47 Å². The minimum Gasteiger partial charge on any atom is -0.281 e. The number of aromatic nitrogens is 3. The van der Waals surface area contributed by atoms with Crippen molar-refractivity contribution in [3.63, 3.8) is 0 Å². The van der Waals surface area contributed by atoms with E-state index in [0.29, 0.717) is 22.9 Å². The van der Waals surface area contributed by atoms with Gasteiger partial charge in [-0.05, 0) is 56.4 Å². The number of sulfone groups is 1. The third-order valence-corrected chi connectivity index (χ3v) is 8.08. The van der Waals surface area contributed by atoms with Crippen LogP contribution in [0.5, 0.6) is 0 Å². The van der Waals surface area contributed by atoms with E-state index < -0.39 is 9.84 Å². The van der Waals surface area contributed by atoms with Gasteiger partial charge < -0.3 is 0 Å². The Morgan fingerprint density at radius 3 is 2.42 bits per heavy atom. The molecule has 1 aliphatic heterocycles. The van der Waals surface area contributed by atoms with Crippen LogP contribution in [0.2, 0.25) is 5.02 Å². The summed E-state index contributed by atoms with van der Waals surface area (Å²) < 4.78 is 28.2. The van der Waals surface area contributed by atoms with Crippen molar-refractivity contribution in [1.82, 2.24) is 19.2 Å². The number of rotatable bonds is 6. The molecule has 0 spiro atoms. The Balaban J connectivity index is 1.76. The average molecular weight is 477 g/mol. The van der Waals surface area contributed by atoms with Gasteiger partial charge in [0, 0.05) is 16.6 Å². The van der Waals surface area contributed by atoms with Crippen LogP contribution in [0.15, 0.2) is 48.5 Å². The summed E-state index contributed by atoms with van der Waals surface area (Å²) in [4.78, 5) is 2.14. The molecule has 1 atom stereocenters. The molecule has 2 heterocycles. The summed E-state index contributed by atoms with van der Waals surface area (Å²) in [6, 6.07) is 15.6. The van der Waals surface area contributed by atoms with E-state index in [-0.39, 0.29) is 17.5 Å². The molecule has 1 fully saturated rings. The monoisotopic (exact) mass is 476 g/mol. The number of hydrogen-bond acceptors (Lipinski definition) is 5. The van der Waals surface area contributed by atoms with Crippen LogP contribution in [0.25, 0.3) is 17.1 Å². The summed E-state index contributed by atoms with van der Waals surface area (Å²) in [5.74, 6) is 1.17. The first kappa shape index (κ1) is 22.2. The lowest BCUT2D eigenvalue weighted by molar-refractivity contribution is 0.164. The first-order valence-electron chi connectivity index (χ1n) is 10.2. The highest BCUT2D eigenvalue weighted by atomic mass is 35.5. The van der Waals surface area contributed by atoms with E-state index in [0.717, 1.165) is 23.6 Å². The highest BCUT2D eigenvalue weighted by Gasteiger charge is 2.32. The molecule has 0 saturated carbocycles. The van der Waals surface area contributed by atoms with E-state index in [4.69, 9.17) is 28.9 Å². The van der Waals surface area contributed by atoms with Gasteiger partial charge in [-0.1, -0.05) is 48.4 Å². The fourth-order valence-electron chi connectivity index (χ4n) is 3.92. The Morgan fingerprint density at radius 2 is 1.84 bits per heavy atom. The quantitative estimate of drug-likeness (QED) is 0.490. The lowest BCUT2D eigenvalue weighted by atomic mass is 10.1. The Morgan fingerprint density at radius 1 is 1.16 bits per heavy atom. The Labute approximate surface area is 193 Å². The molecule has 4 rings (SSSR count). The molecule has 0 unspecified atom stereocenters. The van der Waals surface area contributed by atoms with E-state index in [2.05, 4.69) is 4.90 Å². The smallest absolute Gasteiger partial charge is 0.204 e. The van der Waals surface area contributed by atoms with E-state index in [9.17, 15) is 8.42 Å². The van der Waals surface area contributed by atoms with E-state index in [1.807, 2.05) is 66.9 Å². The predicted molar refractivity (Wildman–Crippen MR) is 127 cm³/mol. The first-order chi connectivity index (χ1) is 14.8.